The van der Waals surface area contributed by atoms with E-state index in [4.69, 9.17) is 0 Å². The Morgan fingerprint density at radius 3 is 2.29 bits per heavy atom. The van der Waals surface area contributed by atoms with Gasteiger partial charge in [0, 0.05) is 30.3 Å². The number of aromatic nitrogens is 4. The third-order valence-electron chi connectivity index (χ3n) is 5.37. The number of tetrazole rings is 1. The van der Waals surface area contributed by atoms with Crippen molar-refractivity contribution in [2.24, 2.45) is 0 Å². The van der Waals surface area contributed by atoms with Gasteiger partial charge < -0.3 is 9.80 Å². The summed E-state index contributed by atoms with van der Waals surface area (Å²) in [4.78, 5) is 17.1. The molecule has 4 rings (SSSR count). The predicted octanol–water partition coefficient (Wildman–Crippen LogP) is 2.70. The number of nitrogens with one attached hydrogen (secondary N) is 1. The molecule has 0 saturated carbocycles. The zero-order valence-corrected chi connectivity index (χ0v) is 16.2. The average Bonchev–Trinajstić information content (AvgIpc) is 3.28. The second-order valence-corrected chi connectivity index (χ2v) is 7.40. The molecule has 0 spiro atoms. The first kappa shape index (κ1) is 18.3. The minimum Gasteiger partial charge on any atom is -0.337 e. The zero-order chi connectivity index (χ0) is 19.5. The molecule has 1 saturated heterocycles. The molecule has 1 aromatic heterocycles. The highest BCUT2D eigenvalue weighted by Crippen LogP contribution is 2.24. The molecule has 2 heterocycles. The first-order valence-corrected chi connectivity index (χ1v) is 9.52. The summed E-state index contributed by atoms with van der Waals surface area (Å²) in [6.07, 6.45) is 2.20. The Balaban J connectivity index is 1.47. The highest BCUT2D eigenvalue weighted by Gasteiger charge is 2.25. The number of aromatic amines is 1. The summed E-state index contributed by atoms with van der Waals surface area (Å²) >= 11 is 0. The van der Waals surface area contributed by atoms with Gasteiger partial charge in [0.05, 0.1) is 0 Å². The summed E-state index contributed by atoms with van der Waals surface area (Å²) in [6.45, 7) is 1.63. The van der Waals surface area contributed by atoms with Crippen molar-refractivity contribution in [2.75, 3.05) is 27.2 Å². The molecule has 1 N–H and O–H groups in total. The van der Waals surface area contributed by atoms with E-state index in [1.54, 1.807) is 0 Å². The van der Waals surface area contributed by atoms with Crippen LogP contribution >= 0.6 is 0 Å². The van der Waals surface area contributed by atoms with Crippen LogP contribution in [0.3, 0.4) is 0 Å². The second-order valence-electron chi connectivity index (χ2n) is 7.40. The number of H-pyrrole nitrogens is 1. The molecule has 1 aliphatic rings. The van der Waals surface area contributed by atoms with E-state index < -0.39 is 0 Å². The first-order valence-electron chi connectivity index (χ1n) is 9.52. The maximum atomic E-state index is 12.9. The Hall–Kier alpha value is -3.06. The minimum absolute atomic E-state index is 0.116. The number of hydrogen-bond donors (Lipinski definition) is 1. The molecule has 0 unspecified atom stereocenters. The number of likely N-dealkylation sites (tertiary alicyclic amines) is 1. The number of carbonyl (C=O) groups is 1. The van der Waals surface area contributed by atoms with Crippen molar-refractivity contribution in [3.8, 4) is 22.5 Å². The van der Waals surface area contributed by atoms with E-state index in [1.165, 1.54) is 0 Å². The standard InChI is InChI=1S/C21H24N6O/c1-26(2)19-4-3-13-27(14-19)21(28)18-11-7-16(8-12-18)15-5-9-17(10-6-15)20-22-24-25-23-20/h5-12,19H,3-4,13-14H2,1-2H3,(H,22,23,24,25)/t19-/m1/s1. The number of carbonyl (C=O) groups excluding carboxylic acids is 1. The number of amides is 1. The summed E-state index contributed by atoms with van der Waals surface area (Å²) in [6, 6.07) is 16.3. The van der Waals surface area contributed by atoms with E-state index in [0.29, 0.717) is 11.9 Å². The minimum atomic E-state index is 0.116. The molecular formula is C21H24N6O. The van der Waals surface area contributed by atoms with Gasteiger partial charge in [0.25, 0.3) is 5.91 Å². The van der Waals surface area contributed by atoms with Gasteiger partial charge in [-0.2, -0.15) is 5.21 Å². The van der Waals surface area contributed by atoms with Crippen LogP contribution in [-0.4, -0.2) is 69.6 Å². The van der Waals surface area contributed by atoms with Gasteiger partial charge in [-0.3, -0.25) is 4.79 Å². The van der Waals surface area contributed by atoms with E-state index in [-0.39, 0.29) is 5.91 Å². The largest absolute Gasteiger partial charge is 0.337 e. The Labute approximate surface area is 164 Å². The fourth-order valence-corrected chi connectivity index (χ4v) is 3.64. The molecule has 3 aromatic rings. The van der Waals surface area contributed by atoms with Gasteiger partial charge in [-0.05, 0) is 55.4 Å². The second kappa shape index (κ2) is 7.90. The van der Waals surface area contributed by atoms with E-state index in [9.17, 15) is 4.79 Å². The van der Waals surface area contributed by atoms with E-state index in [0.717, 1.165) is 48.2 Å². The van der Waals surface area contributed by atoms with Gasteiger partial charge in [-0.25, -0.2) is 0 Å². The maximum absolute atomic E-state index is 12.9. The van der Waals surface area contributed by atoms with Crippen LogP contribution in [0.15, 0.2) is 48.5 Å². The van der Waals surface area contributed by atoms with Gasteiger partial charge in [0.15, 0.2) is 0 Å². The van der Waals surface area contributed by atoms with E-state index in [1.807, 2.05) is 53.4 Å². The quantitative estimate of drug-likeness (QED) is 0.757. The number of nitrogens with zero attached hydrogens (tertiary/aromatic N) is 5. The molecule has 144 valence electrons. The average molecular weight is 376 g/mol. The summed E-state index contributed by atoms with van der Waals surface area (Å²) in [5, 5.41) is 14.0. The van der Waals surface area contributed by atoms with Crippen molar-refractivity contribution in [2.45, 2.75) is 18.9 Å². The van der Waals surface area contributed by atoms with Crippen LogP contribution < -0.4 is 0 Å². The SMILES string of the molecule is CN(C)[C@@H]1CCCN(C(=O)c2ccc(-c3ccc(-c4nn[nH]n4)cc3)cc2)C1. The number of benzene rings is 2. The van der Waals surface area contributed by atoms with Crippen molar-refractivity contribution >= 4 is 5.91 Å². The first-order chi connectivity index (χ1) is 13.6. The molecule has 0 bridgehead atoms. The summed E-state index contributed by atoms with van der Waals surface area (Å²) < 4.78 is 0. The molecule has 28 heavy (non-hydrogen) atoms. The monoisotopic (exact) mass is 376 g/mol. The molecule has 1 amide bonds. The lowest BCUT2D eigenvalue weighted by Gasteiger charge is -2.36. The molecule has 1 aliphatic heterocycles. The Kier molecular flexibility index (Phi) is 5.16. The van der Waals surface area contributed by atoms with Crippen molar-refractivity contribution in [1.82, 2.24) is 30.4 Å². The molecule has 1 fully saturated rings. The van der Waals surface area contributed by atoms with Crippen molar-refractivity contribution in [3.05, 3.63) is 54.1 Å². The predicted molar refractivity (Wildman–Crippen MR) is 108 cm³/mol. The third-order valence-corrected chi connectivity index (χ3v) is 5.37. The van der Waals surface area contributed by atoms with Crippen molar-refractivity contribution < 1.29 is 4.79 Å². The van der Waals surface area contributed by atoms with Crippen LogP contribution in [-0.2, 0) is 0 Å². The van der Waals surface area contributed by atoms with Crippen LogP contribution in [0.1, 0.15) is 23.2 Å². The zero-order valence-electron chi connectivity index (χ0n) is 16.2. The summed E-state index contributed by atoms with van der Waals surface area (Å²) in [7, 11) is 4.16. The molecule has 2 aromatic carbocycles. The molecule has 0 radical (unpaired) electrons. The fourth-order valence-electron chi connectivity index (χ4n) is 3.64. The Morgan fingerprint density at radius 1 is 1.04 bits per heavy atom. The molecular weight excluding hydrogens is 352 g/mol. The van der Waals surface area contributed by atoms with Crippen LogP contribution in [0.5, 0.6) is 0 Å². The van der Waals surface area contributed by atoms with Crippen LogP contribution in [0.25, 0.3) is 22.5 Å². The molecule has 7 nitrogen and oxygen atoms in total. The van der Waals surface area contributed by atoms with Crippen LogP contribution in [0.2, 0.25) is 0 Å². The van der Waals surface area contributed by atoms with Gasteiger partial charge in [0.2, 0.25) is 5.82 Å². The lowest BCUT2D eigenvalue weighted by molar-refractivity contribution is 0.0635. The molecule has 1 atom stereocenters. The van der Waals surface area contributed by atoms with Crippen molar-refractivity contribution in [1.29, 1.82) is 0 Å². The normalized spacial score (nSPS) is 17.1. The molecule has 0 aliphatic carbocycles. The Bertz CT molecular complexity index is 919. The fraction of sp³-hybridized carbons (Fsp3) is 0.333. The van der Waals surface area contributed by atoms with Gasteiger partial charge >= 0.3 is 0 Å². The van der Waals surface area contributed by atoms with Crippen molar-refractivity contribution in [3.63, 3.8) is 0 Å². The highest BCUT2D eigenvalue weighted by molar-refractivity contribution is 5.94. The van der Waals surface area contributed by atoms with Gasteiger partial charge in [-0.15, -0.1) is 10.2 Å². The highest BCUT2D eigenvalue weighted by atomic mass is 16.2. The number of hydrogen-bond acceptors (Lipinski definition) is 5. The third kappa shape index (κ3) is 3.80. The number of rotatable bonds is 4. The number of likely N-dealkylation sites (N-methyl/N-ethyl adjacent to an activating group) is 1. The smallest absolute Gasteiger partial charge is 0.253 e. The van der Waals surface area contributed by atoms with Crippen LogP contribution in [0.4, 0.5) is 0 Å². The lowest BCUT2D eigenvalue weighted by Crippen LogP contribution is -2.47. The summed E-state index contributed by atoms with van der Waals surface area (Å²) in [5.41, 5.74) is 3.80. The Morgan fingerprint density at radius 2 is 1.68 bits per heavy atom. The number of piperidine rings is 1. The van der Waals surface area contributed by atoms with Gasteiger partial charge in [-0.1, -0.05) is 36.4 Å². The summed E-state index contributed by atoms with van der Waals surface area (Å²) in [5.74, 6) is 0.690. The van der Waals surface area contributed by atoms with Crippen LogP contribution in [0, 0.1) is 0 Å². The lowest BCUT2D eigenvalue weighted by atomic mass is 10.0. The van der Waals surface area contributed by atoms with E-state index in [2.05, 4.69) is 39.6 Å². The van der Waals surface area contributed by atoms with E-state index >= 15 is 0 Å². The van der Waals surface area contributed by atoms with Gasteiger partial charge in [0.1, 0.15) is 0 Å². The topological polar surface area (TPSA) is 78.0 Å². The maximum Gasteiger partial charge on any atom is 0.253 e. The molecule has 7 heteroatoms.